The largest absolute Gasteiger partial charge is 0.326 e. The molecule has 0 aliphatic carbocycles. The highest BCUT2D eigenvalue weighted by molar-refractivity contribution is 7.89. The number of hydrazone groups is 1. The average Bonchev–Trinajstić information content (AvgIpc) is 2.84. The summed E-state index contributed by atoms with van der Waals surface area (Å²) in [4.78, 5) is 24.4. The van der Waals surface area contributed by atoms with E-state index in [2.05, 4.69) is 15.8 Å². The molecule has 2 N–H and O–H groups in total. The van der Waals surface area contributed by atoms with Gasteiger partial charge in [-0.3, -0.25) is 9.59 Å². The molecule has 1 aliphatic heterocycles. The summed E-state index contributed by atoms with van der Waals surface area (Å²) in [5.41, 5.74) is 9.37. The number of piperidine rings is 1. The highest BCUT2D eigenvalue weighted by Crippen LogP contribution is 2.33. The molecular weight excluding hydrogens is 476 g/mol. The Bertz CT molecular complexity index is 1290. The van der Waals surface area contributed by atoms with Gasteiger partial charge in [-0.25, -0.2) is 13.8 Å². The molecule has 0 saturated carbocycles. The summed E-state index contributed by atoms with van der Waals surface area (Å²) in [6.45, 7) is 13.5. The number of nitrogens with one attached hydrogen (secondary N) is 2. The zero-order valence-electron chi connectivity index (χ0n) is 22.2. The summed E-state index contributed by atoms with van der Waals surface area (Å²) in [6, 6.07) is 7.21. The Morgan fingerprint density at radius 2 is 1.47 bits per heavy atom. The summed E-state index contributed by atoms with van der Waals surface area (Å²) in [7, 11) is -3.66. The number of benzene rings is 2. The Hall–Kier alpha value is -3.04. The summed E-state index contributed by atoms with van der Waals surface area (Å²) >= 11 is 0. The van der Waals surface area contributed by atoms with E-state index in [4.69, 9.17) is 0 Å². The maximum absolute atomic E-state index is 13.6. The van der Waals surface area contributed by atoms with Gasteiger partial charge in [0.25, 0.3) is 0 Å². The number of sulfonamides is 1. The van der Waals surface area contributed by atoms with Crippen LogP contribution in [0.5, 0.6) is 0 Å². The first kappa shape index (κ1) is 27.5. The second kappa shape index (κ2) is 10.9. The lowest BCUT2D eigenvalue weighted by molar-refractivity contribution is -0.126. The van der Waals surface area contributed by atoms with E-state index in [0.717, 1.165) is 33.4 Å². The highest BCUT2D eigenvalue weighted by atomic mass is 32.2. The third-order valence-electron chi connectivity index (χ3n) is 7.29. The molecule has 9 heteroatoms. The van der Waals surface area contributed by atoms with E-state index in [1.165, 1.54) is 11.2 Å². The van der Waals surface area contributed by atoms with E-state index in [1.54, 1.807) is 25.1 Å². The third-order valence-corrected chi connectivity index (χ3v) is 9.46. The van der Waals surface area contributed by atoms with Crippen molar-refractivity contribution in [3.05, 3.63) is 57.6 Å². The fraction of sp³-hybridized carbons (Fsp3) is 0.444. The third kappa shape index (κ3) is 5.68. The van der Waals surface area contributed by atoms with E-state index in [1.807, 2.05) is 40.7 Å². The Morgan fingerprint density at radius 3 is 2.03 bits per heavy atom. The van der Waals surface area contributed by atoms with Gasteiger partial charge < -0.3 is 5.32 Å². The van der Waals surface area contributed by atoms with Crippen molar-refractivity contribution < 1.29 is 18.0 Å². The lowest BCUT2D eigenvalue weighted by atomic mass is 9.95. The molecule has 1 fully saturated rings. The van der Waals surface area contributed by atoms with Gasteiger partial charge in [-0.05, 0) is 99.9 Å². The number of hydrogen-bond donors (Lipinski definition) is 2. The van der Waals surface area contributed by atoms with Crippen molar-refractivity contribution in [3.8, 4) is 0 Å². The van der Waals surface area contributed by atoms with Crippen LogP contribution in [0.15, 0.2) is 34.3 Å². The maximum Gasteiger partial charge on any atom is 0.243 e. The quantitative estimate of drug-likeness (QED) is 0.448. The van der Waals surface area contributed by atoms with Gasteiger partial charge in [0.2, 0.25) is 21.8 Å². The number of rotatable bonds is 6. The van der Waals surface area contributed by atoms with E-state index in [0.29, 0.717) is 29.1 Å². The second-order valence-electron chi connectivity index (χ2n) is 9.57. The zero-order chi connectivity index (χ0) is 26.8. The van der Waals surface area contributed by atoms with Crippen LogP contribution in [0.25, 0.3) is 0 Å². The predicted molar refractivity (Wildman–Crippen MR) is 143 cm³/mol. The van der Waals surface area contributed by atoms with Gasteiger partial charge in [-0.1, -0.05) is 12.1 Å². The molecule has 2 aromatic rings. The first-order valence-corrected chi connectivity index (χ1v) is 13.6. The van der Waals surface area contributed by atoms with Crippen LogP contribution in [-0.2, 0) is 19.6 Å². The summed E-state index contributed by atoms with van der Waals surface area (Å²) in [5, 5.41) is 6.95. The second-order valence-corrected chi connectivity index (χ2v) is 11.4. The molecule has 194 valence electrons. The van der Waals surface area contributed by atoms with Crippen LogP contribution in [-0.4, -0.2) is 43.3 Å². The normalized spacial score (nSPS) is 15.6. The molecule has 8 nitrogen and oxygen atoms in total. The highest BCUT2D eigenvalue weighted by Gasteiger charge is 2.34. The van der Waals surface area contributed by atoms with Gasteiger partial charge >= 0.3 is 0 Å². The number of anilines is 1. The molecule has 0 unspecified atom stereocenters. The molecular formula is C27H36N4O4S. The molecule has 3 rings (SSSR count). The molecule has 2 amide bonds. The Morgan fingerprint density at radius 1 is 0.917 bits per heavy atom. The smallest absolute Gasteiger partial charge is 0.243 e. The Labute approximate surface area is 214 Å². The van der Waals surface area contributed by atoms with Gasteiger partial charge in [-0.15, -0.1) is 0 Å². The van der Waals surface area contributed by atoms with Gasteiger partial charge in [-0.2, -0.15) is 9.41 Å². The van der Waals surface area contributed by atoms with Crippen molar-refractivity contribution in [2.75, 3.05) is 18.4 Å². The molecule has 1 aliphatic rings. The molecule has 1 saturated heterocycles. The summed E-state index contributed by atoms with van der Waals surface area (Å²) in [6.07, 6.45) is 0.860. The minimum absolute atomic E-state index is 0.165. The van der Waals surface area contributed by atoms with Crippen LogP contribution >= 0.6 is 0 Å². The van der Waals surface area contributed by atoms with E-state index >= 15 is 0 Å². The van der Waals surface area contributed by atoms with Crippen molar-refractivity contribution in [3.63, 3.8) is 0 Å². The molecule has 0 bridgehead atoms. The first-order chi connectivity index (χ1) is 16.8. The van der Waals surface area contributed by atoms with Crippen molar-refractivity contribution >= 4 is 33.2 Å². The van der Waals surface area contributed by atoms with Crippen LogP contribution in [0, 0.1) is 40.5 Å². The molecule has 0 atom stereocenters. The Kier molecular flexibility index (Phi) is 8.36. The first-order valence-electron chi connectivity index (χ1n) is 12.1. The molecule has 2 aromatic carbocycles. The summed E-state index contributed by atoms with van der Waals surface area (Å²) in [5.74, 6) is -0.706. The van der Waals surface area contributed by atoms with Crippen molar-refractivity contribution in [2.45, 2.75) is 66.2 Å². The van der Waals surface area contributed by atoms with Crippen molar-refractivity contribution in [2.24, 2.45) is 11.0 Å². The van der Waals surface area contributed by atoms with Crippen molar-refractivity contribution in [1.82, 2.24) is 9.73 Å². The van der Waals surface area contributed by atoms with Crippen LogP contribution < -0.4 is 10.7 Å². The van der Waals surface area contributed by atoms with Gasteiger partial charge in [0.15, 0.2) is 0 Å². The predicted octanol–water partition coefficient (Wildman–Crippen LogP) is 4.13. The topological polar surface area (TPSA) is 108 Å². The van der Waals surface area contributed by atoms with E-state index in [-0.39, 0.29) is 30.8 Å². The van der Waals surface area contributed by atoms with Gasteiger partial charge in [0.1, 0.15) is 0 Å². The number of hydrogen-bond acceptors (Lipinski definition) is 5. The standard InChI is InChI=1S/C27H36N4O4S/c1-16-17(2)19(4)26(20(5)18(16)3)36(34,35)31-13-11-23(12-14-31)27(33)30-29-21(6)24-9-8-10-25(15-24)28-22(7)32/h8-10,15,23H,11-14H2,1-7H3,(H,28,32)(H,30,33)/b29-21-. The molecule has 0 aromatic heterocycles. The molecule has 0 spiro atoms. The number of nitrogens with zero attached hydrogens (tertiary/aromatic N) is 2. The minimum atomic E-state index is -3.66. The van der Waals surface area contributed by atoms with Gasteiger partial charge in [0, 0.05) is 31.6 Å². The monoisotopic (exact) mass is 512 g/mol. The minimum Gasteiger partial charge on any atom is -0.326 e. The maximum atomic E-state index is 13.6. The van der Waals surface area contributed by atoms with Crippen LogP contribution in [0.3, 0.4) is 0 Å². The van der Waals surface area contributed by atoms with Crippen LogP contribution in [0.1, 0.15) is 60.1 Å². The zero-order valence-corrected chi connectivity index (χ0v) is 23.0. The lowest BCUT2D eigenvalue weighted by Crippen LogP contribution is -2.42. The van der Waals surface area contributed by atoms with E-state index < -0.39 is 10.0 Å². The Balaban J connectivity index is 1.67. The molecule has 36 heavy (non-hydrogen) atoms. The lowest BCUT2D eigenvalue weighted by Gasteiger charge is -2.31. The fourth-order valence-electron chi connectivity index (χ4n) is 4.66. The molecule has 1 heterocycles. The van der Waals surface area contributed by atoms with E-state index in [9.17, 15) is 18.0 Å². The average molecular weight is 513 g/mol. The number of amides is 2. The van der Waals surface area contributed by atoms with Gasteiger partial charge in [0.05, 0.1) is 10.6 Å². The number of carbonyl (C=O) groups is 2. The SMILES string of the molecule is CC(=O)Nc1cccc(/C(C)=N\NC(=O)C2CCN(S(=O)(=O)c3c(C)c(C)c(C)c(C)c3C)CC2)c1. The van der Waals surface area contributed by atoms with Crippen molar-refractivity contribution in [1.29, 1.82) is 0 Å². The molecule has 0 radical (unpaired) electrons. The number of carbonyl (C=O) groups excluding carboxylic acids is 2. The van der Waals surface area contributed by atoms with Crippen LogP contribution in [0.2, 0.25) is 0 Å². The van der Waals surface area contributed by atoms with Crippen LogP contribution in [0.4, 0.5) is 5.69 Å². The fourth-order valence-corrected chi connectivity index (χ4v) is 6.69. The summed E-state index contributed by atoms with van der Waals surface area (Å²) < 4.78 is 28.6.